The number of para-hydroxylation sites is 1. The Hall–Kier alpha value is -3.74. The van der Waals surface area contributed by atoms with Gasteiger partial charge in [-0.2, -0.15) is 0 Å². The molecule has 0 aliphatic rings. The number of hydrogen-bond donors (Lipinski definition) is 0. The number of ether oxygens (including phenoxy) is 4. The predicted octanol–water partition coefficient (Wildman–Crippen LogP) is 3.92. The number of hydrogen-bond acceptors (Lipinski definition) is 7. The van der Waals surface area contributed by atoms with Gasteiger partial charge in [-0.3, -0.25) is 4.79 Å². The molecule has 1 heterocycles. The molecule has 0 aliphatic heterocycles. The van der Waals surface area contributed by atoms with Crippen LogP contribution in [0, 0.1) is 0 Å². The lowest BCUT2D eigenvalue weighted by Crippen LogP contribution is -2.14. The first-order chi connectivity index (χ1) is 14.1. The molecule has 0 amide bonds. The van der Waals surface area contributed by atoms with Gasteiger partial charge in [0.1, 0.15) is 18.1 Å². The molecule has 0 saturated heterocycles. The van der Waals surface area contributed by atoms with Gasteiger partial charge in [0.05, 0.1) is 14.2 Å². The van der Waals surface area contributed by atoms with Gasteiger partial charge in [-0.25, -0.2) is 4.79 Å². The van der Waals surface area contributed by atoms with Crippen LogP contribution in [0.1, 0.15) is 26.7 Å². The van der Waals surface area contributed by atoms with Crippen LogP contribution in [0.4, 0.5) is 0 Å². The van der Waals surface area contributed by atoms with Gasteiger partial charge in [0.2, 0.25) is 5.76 Å². The summed E-state index contributed by atoms with van der Waals surface area (Å²) in [6.07, 6.45) is 0. The molecular weight excluding hydrogens is 376 g/mol. The maximum Gasteiger partial charge on any atom is 0.374 e. The van der Waals surface area contributed by atoms with E-state index in [-0.39, 0.29) is 18.2 Å². The molecule has 7 heteroatoms. The lowest BCUT2D eigenvalue weighted by molar-refractivity contribution is 0.0440. The number of rotatable bonds is 9. The van der Waals surface area contributed by atoms with Gasteiger partial charge in [-0.05, 0) is 42.5 Å². The van der Waals surface area contributed by atoms with Crippen molar-refractivity contribution in [1.29, 1.82) is 0 Å². The van der Waals surface area contributed by atoms with Crippen molar-refractivity contribution in [3.8, 4) is 17.2 Å². The standard InChI is InChI=1S/C22H20O7/c1-25-19-10-8-15(12-21(19)26-2)18(23)14-28-22(24)20-11-9-17(29-20)13-27-16-6-4-3-5-7-16/h3-12H,13-14H2,1-2H3. The first-order valence-electron chi connectivity index (χ1n) is 8.79. The number of carbonyl (C=O) groups excluding carboxylic acids is 2. The zero-order chi connectivity index (χ0) is 20.6. The molecule has 0 unspecified atom stereocenters. The number of carbonyl (C=O) groups is 2. The van der Waals surface area contributed by atoms with Crippen LogP contribution in [-0.2, 0) is 11.3 Å². The van der Waals surface area contributed by atoms with Crippen LogP contribution in [0.15, 0.2) is 65.1 Å². The SMILES string of the molecule is COc1ccc(C(=O)COC(=O)c2ccc(COc3ccccc3)o2)cc1OC. The average molecular weight is 396 g/mol. The van der Waals surface area contributed by atoms with Gasteiger partial charge in [-0.1, -0.05) is 18.2 Å². The number of benzene rings is 2. The van der Waals surface area contributed by atoms with E-state index < -0.39 is 12.6 Å². The largest absolute Gasteiger partial charge is 0.493 e. The number of esters is 1. The van der Waals surface area contributed by atoms with Gasteiger partial charge in [-0.15, -0.1) is 0 Å². The Balaban J connectivity index is 1.54. The highest BCUT2D eigenvalue weighted by atomic mass is 16.6. The Bertz CT molecular complexity index is 976. The minimum absolute atomic E-state index is 0.00299. The highest BCUT2D eigenvalue weighted by Gasteiger charge is 2.17. The third-order valence-electron chi connectivity index (χ3n) is 4.03. The van der Waals surface area contributed by atoms with E-state index in [1.807, 2.05) is 30.3 Å². The van der Waals surface area contributed by atoms with Crippen LogP contribution >= 0.6 is 0 Å². The van der Waals surface area contributed by atoms with Crippen LogP contribution < -0.4 is 14.2 Å². The van der Waals surface area contributed by atoms with Crippen molar-refractivity contribution in [3.63, 3.8) is 0 Å². The van der Waals surface area contributed by atoms with E-state index in [1.54, 1.807) is 18.2 Å². The zero-order valence-electron chi connectivity index (χ0n) is 16.0. The van der Waals surface area contributed by atoms with E-state index in [0.29, 0.717) is 28.6 Å². The summed E-state index contributed by atoms with van der Waals surface area (Å²) in [7, 11) is 2.98. The maximum absolute atomic E-state index is 12.3. The molecule has 0 saturated carbocycles. The van der Waals surface area contributed by atoms with Crippen molar-refractivity contribution < 1.29 is 33.0 Å². The van der Waals surface area contributed by atoms with E-state index in [4.69, 9.17) is 23.4 Å². The first kappa shape index (κ1) is 20.0. The minimum Gasteiger partial charge on any atom is -0.493 e. The molecule has 3 aromatic rings. The normalized spacial score (nSPS) is 10.3. The molecule has 0 aliphatic carbocycles. The van der Waals surface area contributed by atoms with Gasteiger partial charge >= 0.3 is 5.97 Å². The fourth-order valence-corrected chi connectivity index (χ4v) is 2.53. The molecule has 0 fully saturated rings. The van der Waals surface area contributed by atoms with Crippen LogP contribution in [0.3, 0.4) is 0 Å². The lowest BCUT2D eigenvalue weighted by Gasteiger charge is -2.09. The van der Waals surface area contributed by atoms with Crippen LogP contribution in [-0.4, -0.2) is 32.6 Å². The second kappa shape index (κ2) is 9.45. The summed E-state index contributed by atoms with van der Waals surface area (Å²) in [5, 5.41) is 0. The van der Waals surface area contributed by atoms with Crippen molar-refractivity contribution in [2.45, 2.75) is 6.61 Å². The minimum atomic E-state index is -0.732. The molecule has 150 valence electrons. The summed E-state index contributed by atoms with van der Waals surface area (Å²) >= 11 is 0. The first-order valence-corrected chi connectivity index (χ1v) is 8.79. The number of furan rings is 1. The van der Waals surface area contributed by atoms with Crippen molar-refractivity contribution in [1.82, 2.24) is 0 Å². The summed E-state index contributed by atoms with van der Waals surface area (Å²) in [6, 6.07) is 17.0. The monoisotopic (exact) mass is 396 g/mol. The van der Waals surface area contributed by atoms with E-state index in [9.17, 15) is 9.59 Å². The Kier molecular flexibility index (Phi) is 6.52. The number of Topliss-reactive ketones (excluding diaryl/α,β-unsaturated/α-hetero) is 1. The Morgan fingerprint density at radius 2 is 1.66 bits per heavy atom. The van der Waals surface area contributed by atoms with E-state index in [0.717, 1.165) is 0 Å². The molecule has 3 rings (SSSR count). The van der Waals surface area contributed by atoms with Crippen LogP contribution in [0.2, 0.25) is 0 Å². The van der Waals surface area contributed by atoms with E-state index in [1.165, 1.54) is 26.4 Å². The molecule has 7 nitrogen and oxygen atoms in total. The summed E-state index contributed by atoms with van der Waals surface area (Å²) in [5.41, 5.74) is 0.340. The Labute approximate surface area is 167 Å². The lowest BCUT2D eigenvalue weighted by atomic mass is 10.1. The van der Waals surface area contributed by atoms with Crippen molar-refractivity contribution in [2.75, 3.05) is 20.8 Å². The van der Waals surface area contributed by atoms with E-state index >= 15 is 0 Å². The topological polar surface area (TPSA) is 84.2 Å². The molecule has 0 bridgehead atoms. The zero-order valence-corrected chi connectivity index (χ0v) is 16.0. The molecule has 29 heavy (non-hydrogen) atoms. The van der Waals surface area contributed by atoms with Gasteiger partial charge in [0, 0.05) is 5.56 Å². The van der Waals surface area contributed by atoms with Gasteiger partial charge in [0.15, 0.2) is 23.9 Å². The highest BCUT2D eigenvalue weighted by Crippen LogP contribution is 2.27. The van der Waals surface area contributed by atoms with Crippen molar-refractivity contribution in [2.24, 2.45) is 0 Å². The second-order valence-electron chi connectivity index (χ2n) is 5.94. The second-order valence-corrected chi connectivity index (χ2v) is 5.94. The van der Waals surface area contributed by atoms with Crippen molar-refractivity contribution >= 4 is 11.8 Å². The van der Waals surface area contributed by atoms with Gasteiger partial charge in [0.25, 0.3) is 0 Å². The summed E-state index contributed by atoms with van der Waals surface area (Å²) in [6.45, 7) is -0.257. The van der Waals surface area contributed by atoms with Crippen LogP contribution in [0.25, 0.3) is 0 Å². The molecule has 0 N–H and O–H groups in total. The Morgan fingerprint density at radius 3 is 2.38 bits per heavy atom. The molecule has 0 spiro atoms. The maximum atomic E-state index is 12.3. The average Bonchev–Trinajstić information content (AvgIpc) is 3.25. The summed E-state index contributed by atoms with van der Waals surface area (Å²) in [5.74, 6) is 0.960. The molecule has 0 radical (unpaired) electrons. The predicted molar refractivity (Wildman–Crippen MR) is 104 cm³/mol. The summed E-state index contributed by atoms with van der Waals surface area (Å²) in [4.78, 5) is 24.4. The highest BCUT2D eigenvalue weighted by molar-refractivity contribution is 5.99. The molecule has 1 aromatic heterocycles. The third kappa shape index (κ3) is 5.16. The third-order valence-corrected chi connectivity index (χ3v) is 4.03. The number of methoxy groups -OCH3 is 2. The quantitative estimate of drug-likeness (QED) is 0.400. The fourth-order valence-electron chi connectivity index (χ4n) is 2.53. The summed E-state index contributed by atoms with van der Waals surface area (Å²) < 4.78 is 26.3. The number of ketones is 1. The molecular formula is C22H20O7. The van der Waals surface area contributed by atoms with Crippen LogP contribution in [0.5, 0.6) is 17.2 Å². The Morgan fingerprint density at radius 1 is 0.897 bits per heavy atom. The fraction of sp³-hybridized carbons (Fsp3) is 0.182. The molecule has 2 aromatic carbocycles. The van der Waals surface area contributed by atoms with Gasteiger partial charge < -0.3 is 23.4 Å². The van der Waals surface area contributed by atoms with Crippen molar-refractivity contribution in [3.05, 3.63) is 77.7 Å². The van der Waals surface area contributed by atoms with E-state index in [2.05, 4.69) is 0 Å². The molecule has 0 atom stereocenters. The smallest absolute Gasteiger partial charge is 0.374 e.